The molecule has 1 aliphatic carbocycles. The van der Waals surface area contributed by atoms with Gasteiger partial charge in [-0.2, -0.15) is 0 Å². The van der Waals surface area contributed by atoms with Gasteiger partial charge in [0.25, 0.3) is 0 Å². The van der Waals surface area contributed by atoms with Crippen LogP contribution in [0.25, 0.3) is 0 Å². The molecular formula is C18H28O. The Hall–Kier alpha value is -0.820. The fraction of sp³-hybridized carbons (Fsp3) is 0.667. The summed E-state index contributed by atoms with van der Waals surface area (Å²) in [5.41, 5.74) is 4.26. The lowest BCUT2D eigenvalue weighted by molar-refractivity contribution is 0.00565. The summed E-state index contributed by atoms with van der Waals surface area (Å²) < 4.78 is 0. The molecule has 19 heavy (non-hydrogen) atoms. The van der Waals surface area contributed by atoms with Gasteiger partial charge < -0.3 is 5.11 Å². The summed E-state index contributed by atoms with van der Waals surface area (Å²) in [4.78, 5) is 0. The fourth-order valence-electron chi connectivity index (χ4n) is 3.76. The molecule has 2 rings (SSSR count). The predicted octanol–water partition coefficient (Wildman–Crippen LogP) is 4.42. The molecule has 0 saturated heterocycles. The predicted molar refractivity (Wildman–Crippen MR) is 81.4 cm³/mol. The van der Waals surface area contributed by atoms with Crippen molar-refractivity contribution in [3.63, 3.8) is 0 Å². The van der Waals surface area contributed by atoms with Crippen molar-refractivity contribution in [3.8, 4) is 0 Å². The fourth-order valence-corrected chi connectivity index (χ4v) is 3.76. The van der Waals surface area contributed by atoms with Crippen molar-refractivity contribution in [2.45, 2.75) is 65.9 Å². The molecule has 0 aliphatic heterocycles. The highest BCUT2D eigenvalue weighted by molar-refractivity contribution is 5.34. The number of benzene rings is 1. The number of aliphatic hydroxyl groups excluding tert-OH is 1. The minimum absolute atomic E-state index is 0.199. The summed E-state index contributed by atoms with van der Waals surface area (Å²) in [6.07, 6.45) is 5.64. The van der Waals surface area contributed by atoms with Crippen LogP contribution in [0.1, 0.15) is 56.2 Å². The maximum atomic E-state index is 10.7. The topological polar surface area (TPSA) is 20.2 Å². The summed E-state index contributed by atoms with van der Waals surface area (Å²) in [5, 5.41) is 10.7. The molecule has 1 fully saturated rings. The highest BCUT2D eigenvalue weighted by atomic mass is 16.3. The zero-order valence-corrected chi connectivity index (χ0v) is 12.9. The number of aliphatic hydroxyl groups is 1. The lowest BCUT2D eigenvalue weighted by Crippen LogP contribution is -2.38. The van der Waals surface area contributed by atoms with Gasteiger partial charge >= 0.3 is 0 Å². The summed E-state index contributed by atoms with van der Waals surface area (Å²) in [6.45, 7) is 8.96. The van der Waals surface area contributed by atoms with Crippen LogP contribution in [0.4, 0.5) is 0 Å². The maximum Gasteiger partial charge on any atom is 0.0614 e. The van der Waals surface area contributed by atoms with E-state index in [2.05, 4.69) is 45.9 Å². The molecule has 0 bridgehead atoms. The van der Waals surface area contributed by atoms with E-state index < -0.39 is 0 Å². The summed E-state index contributed by atoms with van der Waals surface area (Å²) in [6, 6.07) is 6.41. The standard InChI is InChI=1S/C18H28O/c1-13-8-7-9-14(2)15(13)12-17(19)16-10-5-6-11-18(16,3)4/h7-9,16-17,19H,5-6,10-12H2,1-4H3. The monoisotopic (exact) mass is 260 g/mol. The van der Waals surface area contributed by atoms with E-state index in [-0.39, 0.29) is 11.5 Å². The molecule has 0 amide bonds. The molecule has 0 radical (unpaired) electrons. The Bertz CT molecular complexity index is 413. The molecular weight excluding hydrogens is 232 g/mol. The highest BCUT2D eigenvalue weighted by Gasteiger charge is 2.36. The molecule has 1 aliphatic rings. The molecule has 0 spiro atoms. The van der Waals surface area contributed by atoms with Crippen LogP contribution in [0.2, 0.25) is 0 Å². The van der Waals surface area contributed by atoms with Gasteiger partial charge in [0.15, 0.2) is 0 Å². The Kier molecular flexibility index (Phi) is 4.35. The zero-order valence-electron chi connectivity index (χ0n) is 12.9. The molecule has 1 heteroatoms. The van der Waals surface area contributed by atoms with Crippen LogP contribution in [0.15, 0.2) is 18.2 Å². The molecule has 1 nitrogen and oxygen atoms in total. The number of aryl methyl sites for hydroxylation is 2. The van der Waals surface area contributed by atoms with Crippen LogP contribution in [0, 0.1) is 25.2 Å². The van der Waals surface area contributed by atoms with E-state index in [0.717, 1.165) is 6.42 Å². The molecule has 2 unspecified atom stereocenters. The van der Waals surface area contributed by atoms with Gasteiger partial charge in [-0.3, -0.25) is 0 Å². The van der Waals surface area contributed by atoms with Crippen LogP contribution in [-0.4, -0.2) is 11.2 Å². The SMILES string of the molecule is Cc1cccc(C)c1CC(O)C1CCCCC1(C)C. The van der Waals surface area contributed by atoms with E-state index in [9.17, 15) is 5.11 Å². The van der Waals surface area contributed by atoms with Crippen LogP contribution in [0.5, 0.6) is 0 Å². The third-order valence-electron chi connectivity index (χ3n) is 5.11. The number of rotatable bonds is 3. The van der Waals surface area contributed by atoms with Crippen molar-refractivity contribution in [1.29, 1.82) is 0 Å². The molecule has 1 saturated carbocycles. The van der Waals surface area contributed by atoms with Crippen molar-refractivity contribution in [2.75, 3.05) is 0 Å². The van der Waals surface area contributed by atoms with Crippen LogP contribution in [0.3, 0.4) is 0 Å². The van der Waals surface area contributed by atoms with Gasteiger partial charge in [0.2, 0.25) is 0 Å². The van der Waals surface area contributed by atoms with E-state index in [4.69, 9.17) is 0 Å². The number of hydrogen-bond donors (Lipinski definition) is 1. The maximum absolute atomic E-state index is 10.7. The molecule has 1 aromatic carbocycles. The van der Waals surface area contributed by atoms with Crippen molar-refractivity contribution in [2.24, 2.45) is 11.3 Å². The Morgan fingerprint density at radius 3 is 2.42 bits per heavy atom. The average Bonchev–Trinajstić information content (AvgIpc) is 2.33. The Morgan fingerprint density at radius 1 is 1.21 bits per heavy atom. The third kappa shape index (κ3) is 3.20. The minimum atomic E-state index is -0.199. The smallest absolute Gasteiger partial charge is 0.0614 e. The first-order valence-corrected chi connectivity index (χ1v) is 7.65. The summed E-state index contributed by atoms with van der Waals surface area (Å²) in [7, 11) is 0. The van der Waals surface area contributed by atoms with Gasteiger partial charge in [-0.05, 0) is 61.1 Å². The number of hydrogen-bond acceptors (Lipinski definition) is 1. The zero-order chi connectivity index (χ0) is 14.0. The Morgan fingerprint density at radius 2 is 1.84 bits per heavy atom. The first-order valence-electron chi connectivity index (χ1n) is 7.65. The molecule has 1 aromatic rings. The van der Waals surface area contributed by atoms with Gasteiger partial charge in [0.05, 0.1) is 6.10 Å². The lowest BCUT2D eigenvalue weighted by atomic mass is 9.65. The molecule has 1 N–H and O–H groups in total. The quantitative estimate of drug-likeness (QED) is 0.852. The lowest BCUT2D eigenvalue weighted by Gasteiger charge is -2.41. The second kappa shape index (κ2) is 5.66. The van der Waals surface area contributed by atoms with Gasteiger partial charge in [0, 0.05) is 0 Å². The van der Waals surface area contributed by atoms with E-state index >= 15 is 0 Å². The van der Waals surface area contributed by atoms with E-state index in [1.165, 1.54) is 42.4 Å². The van der Waals surface area contributed by atoms with Crippen LogP contribution < -0.4 is 0 Å². The molecule has 2 atom stereocenters. The van der Waals surface area contributed by atoms with Crippen molar-refractivity contribution in [3.05, 3.63) is 34.9 Å². The van der Waals surface area contributed by atoms with E-state index in [0.29, 0.717) is 5.92 Å². The first kappa shape index (κ1) is 14.6. The Labute approximate surface area is 118 Å². The normalized spacial score (nSPS) is 24.2. The molecule has 0 heterocycles. The van der Waals surface area contributed by atoms with Crippen LogP contribution >= 0.6 is 0 Å². The van der Waals surface area contributed by atoms with Gasteiger partial charge in [-0.25, -0.2) is 0 Å². The molecule has 0 aromatic heterocycles. The van der Waals surface area contributed by atoms with Gasteiger partial charge in [-0.1, -0.05) is 44.9 Å². The highest BCUT2D eigenvalue weighted by Crippen LogP contribution is 2.43. The van der Waals surface area contributed by atoms with Crippen molar-refractivity contribution >= 4 is 0 Å². The Balaban J connectivity index is 2.14. The second-order valence-electron chi connectivity index (χ2n) is 6.98. The third-order valence-corrected chi connectivity index (χ3v) is 5.11. The minimum Gasteiger partial charge on any atom is -0.392 e. The van der Waals surface area contributed by atoms with Crippen molar-refractivity contribution in [1.82, 2.24) is 0 Å². The first-order chi connectivity index (χ1) is 8.92. The van der Waals surface area contributed by atoms with E-state index in [1.807, 2.05) is 0 Å². The second-order valence-corrected chi connectivity index (χ2v) is 6.98. The summed E-state index contributed by atoms with van der Waals surface area (Å²) in [5.74, 6) is 0.445. The van der Waals surface area contributed by atoms with E-state index in [1.54, 1.807) is 0 Å². The summed E-state index contributed by atoms with van der Waals surface area (Å²) >= 11 is 0. The van der Waals surface area contributed by atoms with Gasteiger partial charge in [0.1, 0.15) is 0 Å². The van der Waals surface area contributed by atoms with Gasteiger partial charge in [-0.15, -0.1) is 0 Å². The van der Waals surface area contributed by atoms with Crippen molar-refractivity contribution < 1.29 is 5.11 Å². The largest absolute Gasteiger partial charge is 0.392 e. The average molecular weight is 260 g/mol. The molecule has 106 valence electrons. The van der Waals surface area contributed by atoms with Crippen LogP contribution in [-0.2, 0) is 6.42 Å².